The number of benzene rings is 2. The van der Waals surface area contributed by atoms with E-state index in [0.29, 0.717) is 6.61 Å². The Hall–Kier alpha value is -2.85. The summed E-state index contributed by atoms with van der Waals surface area (Å²) in [5.74, 6) is 0.0332. The predicted octanol–water partition coefficient (Wildman–Crippen LogP) is 4.92. The summed E-state index contributed by atoms with van der Waals surface area (Å²) >= 11 is 0. The number of carbonyl (C=O) groups excluding carboxylic acids is 1. The van der Waals surface area contributed by atoms with Gasteiger partial charge in [0.2, 0.25) is 0 Å². The lowest BCUT2D eigenvalue weighted by atomic mass is 9.97. The van der Waals surface area contributed by atoms with Crippen molar-refractivity contribution >= 4 is 22.9 Å². The van der Waals surface area contributed by atoms with Crippen LogP contribution in [0.2, 0.25) is 0 Å². The van der Waals surface area contributed by atoms with Crippen molar-refractivity contribution in [2.45, 2.75) is 19.8 Å². The molecule has 0 N–H and O–H groups in total. The van der Waals surface area contributed by atoms with Crippen LogP contribution in [-0.4, -0.2) is 41.7 Å². The summed E-state index contributed by atoms with van der Waals surface area (Å²) < 4.78 is 7.47. The van der Waals surface area contributed by atoms with E-state index in [-0.39, 0.29) is 11.9 Å². The van der Waals surface area contributed by atoms with Crippen molar-refractivity contribution in [3.05, 3.63) is 72.4 Å². The van der Waals surface area contributed by atoms with Crippen molar-refractivity contribution in [1.82, 2.24) is 9.47 Å². The molecule has 1 aliphatic rings. The van der Waals surface area contributed by atoms with Gasteiger partial charge in [0.25, 0.3) is 0 Å². The Morgan fingerprint density at radius 3 is 2.55 bits per heavy atom. The molecule has 0 aliphatic carbocycles. The number of hydrogen-bond donors (Lipinski definition) is 0. The highest BCUT2D eigenvalue weighted by molar-refractivity contribution is 5.85. The Morgan fingerprint density at radius 2 is 1.79 bits per heavy atom. The van der Waals surface area contributed by atoms with E-state index in [1.807, 2.05) is 13.0 Å². The van der Waals surface area contributed by atoms with Crippen LogP contribution in [0.25, 0.3) is 22.7 Å². The molecule has 1 fully saturated rings. The third-order valence-electron chi connectivity index (χ3n) is 5.61. The maximum absolute atomic E-state index is 11.9. The maximum Gasteiger partial charge on any atom is 0.309 e. The molecule has 1 aliphatic heterocycles. The molecule has 1 saturated heterocycles. The number of piperidine rings is 1. The minimum Gasteiger partial charge on any atom is -0.466 e. The Balaban J connectivity index is 1.46. The molecule has 0 bridgehead atoms. The fourth-order valence-electron chi connectivity index (χ4n) is 4.10. The van der Waals surface area contributed by atoms with E-state index in [9.17, 15) is 4.79 Å². The number of carbonyl (C=O) groups is 1. The Kier molecular flexibility index (Phi) is 6.11. The average Bonchev–Trinajstić information content (AvgIpc) is 3.13. The van der Waals surface area contributed by atoms with Gasteiger partial charge in [0.1, 0.15) is 0 Å². The van der Waals surface area contributed by atoms with E-state index in [2.05, 4.69) is 76.2 Å². The molecule has 29 heavy (non-hydrogen) atoms. The first-order valence-electron chi connectivity index (χ1n) is 10.5. The van der Waals surface area contributed by atoms with Crippen LogP contribution in [0.1, 0.15) is 25.5 Å². The fourth-order valence-corrected chi connectivity index (χ4v) is 4.10. The van der Waals surface area contributed by atoms with Crippen LogP contribution in [0.5, 0.6) is 0 Å². The zero-order valence-electron chi connectivity index (χ0n) is 17.0. The van der Waals surface area contributed by atoms with E-state index in [1.54, 1.807) is 0 Å². The molecule has 4 nitrogen and oxygen atoms in total. The quantitative estimate of drug-likeness (QED) is 0.562. The number of fused-ring (bicyclic) bond motifs is 1. The Bertz CT molecular complexity index is 982. The lowest BCUT2D eigenvalue weighted by molar-refractivity contribution is -0.149. The van der Waals surface area contributed by atoms with E-state index in [1.165, 1.54) is 22.3 Å². The number of para-hydroxylation sites is 2. The van der Waals surface area contributed by atoms with Gasteiger partial charge >= 0.3 is 5.97 Å². The van der Waals surface area contributed by atoms with Crippen LogP contribution in [0.3, 0.4) is 0 Å². The van der Waals surface area contributed by atoms with Crippen molar-refractivity contribution in [1.29, 1.82) is 0 Å². The molecule has 0 atom stereocenters. The van der Waals surface area contributed by atoms with Crippen molar-refractivity contribution < 1.29 is 9.53 Å². The standard InChI is InChI=1S/C25H28N2O2/c1-2-29-25(28)20-14-17-26(18-15-20)16-8-12-23-19-21-9-6-7-13-24(21)27(23)22-10-4-3-5-11-22/h3-13,19-20H,2,14-18H2,1H3/b12-8+. The normalized spacial score (nSPS) is 15.9. The van der Waals surface area contributed by atoms with Crippen LogP contribution >= 0.6 is 0 Å². The molecule has 0 spiro atoms. The summed E-state index contributed by atoms with van der Waals surface area (Å²) in [7, 11) is 0. The molecule has 1 aromatic heterocycles. The third kappa shape index (κ3) is 4.43. The second-order valence-electron chi connectivity index (χ2n) is 7.53. The van der Waals surface area contributed by atoms with Crippen LogP contribution < -0.4 is 0 Å². The van der Waals surface area contributed by atoms with Crippen molar-refractivity contribution in [3.63, 3.8) is 0 Å². The summed E-state index contributed by atoms with van der Waals surface area (Å²) in [5.41, 5.74) is 3.57. The first-order valence-corrected chi connectivity index (χ1v) is 10.5. The highest BCUT2D eigenvalue weighted by Gasteiger charge is 2.25. The van der Waals surface area contributed by atoms with Gasteiger partial charge in [-0.3, -0.25) is 9.69 Å². The van der Waals surface area contributed by atoms with E-state index in [0.717, 1.165) is 32.5 Å². The zero-order valence-corrected chi connectivity index (χ0v) is 17.0. The van der Waals surface area contributed by atoms with Gasteiger partial charge < -0.3 is 9.30 Å². The zero-order chi connectivity index (χ0) is 20.1. The van der Waals surface area contributed by atoms with Crippen LogP contribution in [0.4, 0.5) is 0 Å². The second-order valence-corrected chi connectivity index (χ2v) is 7.53. The summed E-state index contributed by atoms with van der Waals surface area (Å²) in [5, 5.41) is 1.24. The average molecular weight is 389 g/mol. The van der Waals surface area contributed by atoms with Crippen LogP contribution in [-0.2, 0) is 9.53 Å². The molecule has 0 unspecified atom stereocenters. The van der Waals surface area contributed by atoms with Gasteiger partial charge in [-0.1, -0.05) is 42.5 Å². The number of aromatic nitrogens is 1. The minimum atomic E-state index is -0.0323. The number of nitrogens with zero attached hydrogens (tertiary/aromatic N) is 2. The van der Waals surface area contributed by atoms with E-state index >= 15 is 0 Å². The molecular weight excluding hydrogens is 360 g/mol. The summed E-state index contributed by atoms with van der Waals surface area (Å²) in [4.78, 5) is 14.3. The highest BCUT2D eigenvalue weighted by atomic mass is 16.5. The summed E-state index contributed by atoms with van der Waals surface area (Å²) in [6.07, 6.45) is 6.22. The molecule has 3 aromatic rings. The molecule has 150 valence electrons. The van der Waals surface area contributed by atoms with Gasteiger partial charge in [0.15, 0.2) is 0 Å². The van der Waals surface area contributed by atoms with Gasteiger partial charge in [-0.25, -0.2) is 0 Å². The van der Waals surface area contributed by atoms with Crippen LogP contribution in [0, 0.1) is 5.92 Å². The predicted molar refractivity (Wildman–Crippen MR) is 118 cm³/mol. The second kappa shape index (κ2) is 9.10. The Labute approximate surface area is 172 Å². The van der Waals surface area contributed by atoms with Crippen molar-refractivity contribution in [2.75, 3.05) is 26.2 Å². The maximum atomic E-state index is 11.9. The lowest BCUT2D eigenvalue weighted by Crippen LogP contribution is -2.36. The molecular formula is C25H28N2O2. The first kappa shape index (κ1) is 19.5. The van der Waals surface area contributed by atoms with Gasteiger partial charge in [0, 0.05) is 23.3 Å². The third-order valence-corrected chi connectivity index (χ3v) is 5.61. The number of ether oxygens (including phenoxy) is 1. The van der Waals surface area contributed by atoms with Gasteiger partial charge in [-0.05, 0) is 63.2 Å². The minimum absolute atomic E-state index is 0.0323. The first-order chi connectivity index (χ1) is 14.3. The van der Waals surface area contributed by atoms with E-state index in [4.69, 9.17) is 4.74 Å². The fraction of sp³-hybridized carbons (Fsp3) is 0.320. The number of likely N-dealkylation sites (tertiary alicyclic amines) is 1. The van der Waals surface area contributed by atoms with Gasteiger partial charge in [-0.15, -0.1) is 0 Å². The van der Waals surface area contributed by atoms with Crippen molar-refractivity contribution in [2.24, 2.45) is 5.92 Å². The van der Waals surface area contributed by atoms with Crippen LogP contribution in [0.15, 0.2) is 66.7 Å². The van der Waals surface area contributed by atoms with Gasteiger partial charge in [0.05, 0.1) is 18.0 Å². The molecule has 0 radical (unpaired) electrons. The molecule has 2 aromatic carbocycles. The smallest absolute Gasteiger partial charge is 0.309 e. The highest BCUT2D eigenvalue weighted by Crippen LogP contribution is 2.25. The molecule has 2 heterocycles. The molecule has 0 saturated carbocycles. The number of esters is 1. The van der Waals surface area contributed by atoms with E-state index < -0.39 is 0 Å². The monoisotopic (exact) mass is 388 g/mol. The number of hydrogen-bond acceptors (Lipinski definition) is 3. The largest absolute Gasteiger partial charge is 0.466 e. The molecule has 4 rings (SSSR count). The van der Waals surface area contributed by atoms with Crippen molar-refractivity contribution in [3.8, 4) is 5.69 Å². The SMILES string of the molecule is CCOC(=O)C1CCN(C/C=C/c2cc3ccccc3n2-c2ccccc2)CC1. The topological polar surface area (TPSA) is 34.5 Å². The van der Waals surface area contributed by atoms with Gasteiger partial charge in [-0.2, -0.15) is 0 Å². The Morgan fingerprint density at radius 1 is 1.07 bits per heavy atom. The summed E-state index contributed by atoms with van der Waals surface area (Å²) in [6.45, 7) is 5.11. The number of rotatable bonds is 6. The summed E-state index contributed by atoms with van der Waals surface area (Å²) in [6, 6.07) is 21.2. The molecule has 4 heteroatoms. The lowest BCUT2D eigenvalue weighted by Gasteiger charge is -2.29. The molecule has 0 amide bonds.